The first-order valence-electron chi connectivity index (χ1n) is 10.6. The third-order valence-electron chi connectivity index (χ3n) is 5.69. The number of nitrogens with zero attached hydrogens (tertiary/aromatic N) is 7. The lowest BCUT2D eigenvalue weighted by Gasteiger charge is -2.43. The van der Waals surface area contributed by atoms with Crippen LogP contribution >= 0.6 is 0 Å². The molecule has 0 aliphatic carbocycles. The van der Waals surface area contributed by atoms with Crippen LogP contribution in [0, 0.1) is 5.92 Å². The molecule has 0 saturated carbocycles. The van der Waals surface area contributed by atoms with Crippen LogP contribution in [0.15, 0.2) is 37.3 Å². The van der Waals surface area contributed by atoms with Gasteiger partial charge in [0.25, 0.3) is 11.8 Å². The molecule has 1 aliphatic rings. The highest BCUT2D eigenvalue weighted by Crippen LogP contribution is 2.36. The van der Waals surface area contributed by atoms with E-state index in [4.69, 9.17) is 0 Å². The molecule has 3 aromatic heterocycles. The van der Waals surface area contributed by atoms with Crippen LogP contribution in [-0.4, -0.2) is 65.6 Å². The van der Waals surface area contributed by atoms with Gasteiger partial charge in [-0.2, -0.15) is 18.3 Å². The maximum atomic E-state index is 14.5. The number of aryl methyl sites for hydroxylation is 1. The molecule has 1 fully saturated rings. The van der Waals surface area contributed by atoms with Gasteiger partial charge in [-0.1, -0.05) is 6.92 Å². The minimum Gasteiger partial charge on any atom is -0.352 e. The van der Waals surface area contributed by atoms with E-state index in [0.29, 0.717) is 23.5 Å². The fourth-order valence-corrected chi connectivity index (χ4v) is 4.07. The number of hydrogen-bond acceptors (Lipinski definition) is 7. The van der Waals surface area contributed by atoms with E-state index in [1.165, 1.54) is 23.4 Å². The van der Waals surface area contributed by atoms with Crippen LogP contribution in [0.2, 0.25) is 0 Å². The SMILES string of the molecule is CC1CC(F)(F)CN(C(=O)c2nn(C)cc2-c2cncnc2)C1CNc1ncc(C(F)(F)F)cn1. The maximum Gasteiger partial charge on any atom is 0.419 e. The fourth-order valence-electron chi connectivity index (χ4n) is 4.07. The van der Waals surface area contributed by atoms with Crippen molar-refractivity contribution in [3.05, 3.63) is 48.6 Å². The van der Waals surface area contributed by atoms with Gasteiger partial charge >= 0.3 is 6.18 Å². The second kappa shape index (κ2) is 9.15. The Morgan fingerprint density at radius 2 is 1.83 bits per heavy atom. The third-order valence-corrected chi connectivity index (χ3v) is 5.69. The van der Waals surface area contributed by atoms with Gasteiger partial charge in [0.15, 0.2) is 5.69 Å². The Bertz CT molecular complexity index is 1180. The summed E-state index contributed by atoms with van der Waals surface area (Å²) in [5.41, 5.74) is -0.174. The highest BCUT2D eigenvalue weighted by atomic mass is 19.4. The van der Waals surface area contributed by atoms with Crippen molar-refractivity contribution < 1.29 is 26.7 Å². The Kier molecular flexibility index (Phi) is 6.38. The smallest absolute Gasteiger partial charge is 0.352 e. The van der Waals surface area contributed by atoms with E-state index in [-0.39, 0.29) is 18.2 Å². The molecule has 1 saturated heterocycles. The molecule has 1 N–H and O–H groups in total. The molecule has 1 aliphatic heterocycles. The van der Waals surface area contributed by atoms with Crippen molar-refractivity contribution in [3.8, 4) is 11.1 Å². The summed E-state index contributed by atoms with van der Waals surface area (Å²) in [7, 11) is 1.60. The van der Waals surface area contributed by atoms with Crippen molar-refractivity contribution in [1.29, 1.82) is 0 Å². The number of aromatic nitrogens is 6. The lowest BCUT2D eigenvalue weighted by Crippen LogP contribution is -2.57. The maximum absolute atomic E-state index is 14.5. The van der Waals surface area contributed by atoms with Crippen molar-refractivity contribution in [1.82, 2.24) is 34.6 Å². The highest BCUT2D eigenvalue weighted by molar-refractivity contribution is 5.99. The summed E-state index contributed by atoms with van der Waals surface area (Å²) in [6, 6.07) is -0.727. The molecule has 2 atom stereocenters. The first-order chi connectivity index (χ1) is 16.4. The molecule has 9 nitrogen and oxygen atoms in total. The largest absolute Gasteiger partial charge is 0.419 e. The molecule has 3 aromatic rings. The number of carbonyl (C=O) groups is 1. The summed E-state index contributed by atoms with van der Waals surface area (Å²) in [6.07, 6.45) is 2.05. The average Bonchev–Trinajstić information content (AvgIpc) is 3.19. The van der Waals surface area contributed by atoms with Crippen LogP contribution in [0.25, 0.3) is 11.1 Å². The van der Waals surface area contributed by atoms with Crippen molar-refractivity contribution in [3.63, 3.8) is 0 Å². The molecule has 4 rings (SSSR count). The first kappa shape index (κ1) is 24.4. The molecule has 1 amide bonds. The quantitative estimate of drug-likeness (QED) is 0.541. The number of halogens is 5. The molecule has 35 heavy (non-hydrogen) atoms. The monoisotopic (exact) mass is 496 g/mol. The van der Waals surface area contributed by atoms with Crippen LogP contribution in [0.4, 0.5) is 27.9 Å². The zero-order chi connectivity index (χ0) is 25.4. The molecule has 186 valence electrons. The van der Waals surface area contributed by atoms with Gasteiger partial charge in [0.05, 0.1) is 18.2 Å². The van der Waals surface area contributed by atoms with E-state index in [2.05, 4.69) is 30.4 Å². The van der Waals surface area contributed by atoms with E-state index < -0.39 is 48.5 Å². The van der Waals surface area contributed by atoms with E-state index in [9.17, 15) is 26.7 Å². The number of rotatable bonds is 5. The van der Waals surface area contributed by atoms with Gasteiger partial charge in [-0.3, -0.25) is 9.48 Å². The van der Waals surface area contributed by atoms with Crippen LogP contribution in [0.5, 0.6) is 0 Å². The predicted octanol–water partition coefficient (Wildman–Crippen LogP) is 3.28. The topological polar surface area (TPSA) is 102 Å². The van der Waals surface area contributed by atoms with E-state index in [1.807, 2.05) is 0 Å². The van der Waals surface area contributed by atoms with Crippen LogP contribution < -0.4 is 5.32 Å². The molecule has 0 spiro atoms. The van der Waals surface area contributed by atoms with Crippen molar-refractivity contribution >= 4 is 11.9 Å². The molecule has 4 heterocycles. The Labute approximate surface area is 196 Å². The van der Waals surface area contributed by atoms with Crippen molar-refractivity contribution in [2.75, 3.05) is 18.4 Å². The number of likely N-dealkylation sites (tertiary alicyclic amines) is 1. The standard InChI is InChI=1S/C21H21F5N8O/c1-12-3-20(22,23)10-34(16(12)8-31-19-29-6-14(7-30-19)21(24,25)26)18(35)17-15(9-33(2)32-17)13-4-27-11-28-5-13/h4-7,9,11-12,16H,3,8,10H2,1-2H3,(H,29,30,31). The number of anilines is 1. The molecule has 14 heteroatoms. The Morgan fingerprint density at radius 1 is 1.17 bits per heavy atom. The van der Waals surface area contributed by atoms with Crippen LogP contribution in [0.1, 0.15) is 29.4 Å². The summed E-state index contributed by atoms with van der Waals surface area (Å²) < 4.78 is 68.7. The molecule has 0 bridgehead atoms. The normalized spacial score (nSPS) is 20.0. The zero-order valence-electron chi connectivity index (χ0n) is 18.7. The summed E-state index contributed by atoms with van der Waals surface area (Å²) >= 11 is 0. The minimum atomic E-state index is -4.59. The molecular formula is C21H21F5N8O. The van der Waals surface area contributed by atoms with E-state index >= 15 is 0 Å². The predicted molar refractivity (Wildman–Crippen MR) is 113 cm³/mol. The van der Waals surface area contributed by atoms with Gasteiger partial charge in [0.2, 0.25) is 5.95 Å². The number of hydrogen-bond donors (Lipinski definition) is 1. The summed E-state index contributed by atoms with van der Waals surface area (Å²) in [4.78, 5) is 29.7. The second-order valence-electron chi connectivity index (χ2n) is 8.40. The summed E-state index contributed by atoms with van der Waals surface area (Å²) in [6.45, 7) is 0.695. The zero-order valence-corrected chi connectivity index (χ0v) is 18.7. The number of alkyl halides is 5. The average molecular weight is 496 g/mol. The van der Waals surface area contributed by atoms with Gasteiger partial charge < -0.3 is 10.2 Å². The number of carbonyl (C=O) groups excluding carboxylic acids is 1. The number of piperidine rings is 1. The molecule has 0 aromatic carbocycles. The summed E-state index contributed by atoms with van der Waals surface area (Å²) in [5.74, 6) is -4.59. The second-order valence-corrected chi connectivity index (χ2v) is 8.40. The molecular weight excluding hydrogens is 475 g/mol. The van der Waals surface area contributed by atoms with Gasteiger partial charge in [-0.25, -0.2) is 28.7 Å². The molecule has 0 radical (unpaired) electrons. The van der Waals surface area contributed by atoms with Crippen molar-refractivity contribution in [2.45, 2.75) is 31.5 Å². The first-order valence-corrected chi connectivity index (χ1v) is 10.6. The van der Waals surface area contributed by atoms with Crippen molar-refractivity contribution in [2.24, 2.45) is 13.0 Å². The van der Waals surface area contributed by atoms with Gasteiger partial charge in [0.1, 0.15) is 6.33 Å². The van der Waals surface area contributed by atoms with Crippen LogP contribution in [-0.2, 0) is 13.2 Å². The Hall–Kier alpha value is -3.71. The number of nitrogens with one attached hydrogen (secondary N) is 1. The fraction of sp³-hybridized carbons (Fsp3) is 0.429. The highest BCUT2D eigenvalue weighted by Gasteiger charge is 2.47. The Balaban J connectivity index is 1.60. The lowest BCUT2D eigenvalue weighted by atomic mass is 9.88. The van der Waals surface area contributed by atoms with E-state index in [0.717, 1.165) is 4.90 Å². The van der Waals surface area contributed by atoms with Gasteiger partial charge in [-0.15, -0.1) is 0 Å². The van der Waals surface area contributed by atoms with Gasteiger partial charge in [0, 0.05) is 62.1 Å². The van der Waals surface area contributed by atoms with E-state index in [1.54, 1.807) is 20.2 Å². The lowest BCUT2D eigenvalue weighted by molar-refractivity contribution is -0.138. The van der Waals surface area contributed by atoms with Gasteiger partial charge in [-0.05, 0) is 5.92 Å². The Morgan fingerprint density at radius 3 is 2.46 bits per heavy atom. The minimum absolute atomic E-state index is 0.0389. The third kappa shape index (κ3) is 5.35. The number of amides is 1. The summed E-state index contributed by atoms with van der Waals surface area (Å²) in [5, 5.41) is 6.96. The molecule has 2 unspecified atom stereocenters. The van der Waals surface area contributed by atoms with Crippen LogP contribution in [0.3, 0.4) is 0 Å².